The maximum Gasteiger partial charge on any atom is 0.237 e. The maximum atomic E-state index is 15.4. The fraction of sp³-hybridized carbons (Fsp3) is 0.700. The molecule has 1 aromatic rings. The lowest BCUT2D eigenvalue weighted by molar-refractivity contribution is -0.126. The molecule has 3 aliphatic rings. The summed E-state index contributed by atoms with van der Waals surface area (Å²) in [5.74, 6) is 0.131. The number of nitrogens with one attached hydrogen (secondary N) is 2. The number of benzene rings is 1. The monoisotopic (exact) mass is 576 g/mol. The standard InChI is InChI=1S/C20H29FN4O3.C10H20N2O/c1-22-20(28)18(5-4-12-26)24(3)13-16-15(14-27)6-7-17(19(16)21)25-10-8-23(2)9-11-25;1-2-10(9-13-7-1)8-12-5-3-11-4-6-12/h6-7,12,14,18H,4-5,8-11,13H2,1-3H3,(H,22,28);10-11H,1-9H2. The Balaban J connectivity index is 0.000000294. The molecule has 2 atom stereocenters. The Hall–Kier alpha value is -2.44. The van der Waals surface area contributed by atoms with Crippen molar-refractivity contribution in [2.45, 2.75) is 38.3 Å². The summed E-state index contributed by atoms with van der Waals surface area (Å²) in [4.78, 5) is 42.8. The molecule has 0 radical (unpaired) electrons. The van der Waals surface area contributed by atoms with Gasteiger partial charge in [0.25, 0.3) is 0 Å². The number of carbonyl (C=O) groups is 3. The number of likely N-dealkylation sites (N-methyl/N-ethyl adjacent to an activating group) is 3. The van der Waals surface area contributed by atoms with Gasteiger partial charge in [-0.05, 0) is 51.4 Å². The van der Waals surface area contributed by atoms with E-state index < -0.39 is 11.9 Å². The van der Waals surface area contributed by atoms with Gasteiger partial charge in [-0.25, -0.2) is 4.39 Å². The van der Waals surface area contributed by atoms with Crippen LogP contribution in [0.25, 0.3) is 0 Å². The van der Waals surface area contributed by atoms with E-state index in [1.54, 1.807) is 24.1 Å². The highest BCUT2D eigenvalue weighted by Gasteiger charge is 2.26. The zero-order chi connectivity index (χ0) is 29.6. The molecule has 3 saturated heterocycles. The Bertz CT molecular complexity index is 947. The first-order chi connectivity index (χ1) is 19.9. The van der Waals surface area contributed by atoms with Gasteiger partial charge in [-0.1, -0.05) is 0 Å². The van der Waals surface area contributed by atoms with E-state index in [-0.39, 0.29) is 30.0 Å². The van der Waals surface area contributed by atoms with Gasteiger partial charge in [-0.2, -0.15) is 0 Å². The van der Waals surface area contributed by atoms with E-state index in [1.807, 2.05) is 11.9 Å². The molecule has 3 heterocycles. The fourth-order valence-corrected chi connectivity index (χ4v) is 5.70. The molecule has 3 fully saturated rings. The number of amides is 1. The molecule has 230 valence electrons. The van der Waals surface area contributed by atoms with Crippen molar-refractivity contribution in [2.75, 3.05) is 98.2 Å². The minimum atomic E-state index is -0.582. The molecule has 4 rings (SSSR count). The predicted octanol–water partition coefficient (Wildman–Crippen LogP) is 1.23. The second kappa shape index (κ2) is 17.5. The van der Waals surface area contributed by atoms with E-state index in [9.17, 15) is 14.4 Å². The number of halogens is 1. The van der Waals surface area contributed by atoms with Crippen LogP contribution in [0.1, 0.15) is 41.6 Å². The summed E-state index contributed by atoms with van der Waals surface area (Å²) in [6.07, 6.45) is 4.58. The lowest BCUT2D eigenvalue weighted by atomic mass is 10.0. The van der Waals surface area contributed by atoms with Crippen molar-refractivity contribution in [1.82, 2.24) is 25.3 Å². The summed E-state index contributed by atoms with van der Waals surface area (Å²) in [5, 5.41) is 5.96. The highest BCUT2D eigenvalue weighted by molar-refractivity contribution is 5.82. The SMILES string of the molecule is C1COCC(CN2CCNCC2)C1.CNC(=O)C(CCC=O)N(C)Cc1c(C=O)ccc(N2CCN(C)CC2)c1F. The van der Waals surface area contributed by atoms with Crippen LogP contribution >= 0.6 is 0 Å². The van der Waals surface area contributed by atoms with Crippen LogP contribution in [0.2, 0.25) is 0 Å². The van der Waals surface area contributed by atoms with Crippen molar-refractivity contribution in [3.05, 3.63) is 29.1 Å². The first kappa shape index (κ1) is 33.1. The molecule has 0 aliphatic carbocycles. The largest absolute Gasteiger partial charge is 0.381 e. The number of anilines is 1. The van der Waals surface area contributed by atoms with Gasteiger partial charge in [-0.15, -0.1) is 0 Å². The third kappa shape index (κ3) is 10.1. The molecular formula is C30H49FN6O4. The van der Waals surface area contributed by atoms with E-state index in [1.165, 1.54) is 39.5 Å². The van der Waals surface area contributed by atoms with E-state index >= 15 is 4.39 Å². The van der Waals surface area contributed by atoms with Gasteiger partial charge >= 0.3 is 0 Å². The van der Waals surface area contributed by atoms with Crippen LogP contribution in [0.15, 0.2) is 12.1 Å². The molecule has 2 unspecified atom stereocenters. The van der Waals surface area contributed by atoms with Gasteiger partial charge in [0.05, 0.1) is 18.3 Å². The van der Waals surface area contributed by atoms with Gasteiger partial charge in [0, 0.05) is 96.6 Å². The molecule has 2 N–H and O–H groups in total. The van der Waals surface area contributed by atoms with Crippen LogP contribution in [0.3, 0.4) is 0 Å². The van der Waals surface area contributed by atoms with Crippen molar-refractivity contribution in [1.29, 1.82) is 0 Å². The number of hydrogen-bond donors (Lipinski definition) is 2. The number of rotatable bonds is 11. The molecule has 0 saturated carbocycles. The van der Waals surface area contributed by atoms with Crippen LogP contribution in [0, 0.1) is 11.7 Å². The molecule has 41 heavy (non-hydrogen) atoms. The number of carbonyl (C=O) groups excluding carboxylic acids is 3. The van der Waals surface area contributed by atoms with Gasteiger partial charge in [0.1, 0.15) is 12.6 Å². The Morgan fingerprint density at radius 1 is 1.20 bits per heavy atom. The zero-order valence-corrected chi connectivity index (χ0v) is 25.1. The highest BCUT2D eigenvalue weighted by atomic mass is 19.1. The molecule has 0 aromatic heterocycles. The zero-order valence-electron chi connectivity index (χ0n) is 25.1. The number of nitrogens with zero attached hydrogens (tertiary/aromatic N) is 4. The molecule has 1 amide bonds. The minimum Gasteiger partial charge on any atom is -0.381 e. The van der Waals surface area contributed by atoms with E-state index in [2.05, 4.69) is 20.4 Å². The van der Waals surface area contributed by atoms with Gasteiger partial charge in [-0.3, -0.25) is 14.5 Å². The molecule has 3 aliphatic heterocycles. The molecular weight excluding hydrogens is 527 g/mol. The van der Waals surface area contributed by atoms with Crippen molar-refractivity contribution in [3.63, 3.8) is 0 Å². The van der Waals surface area contributed by atoms with Crippen LogP contribution < -0.4 is 15.5 Å². The predicted molar refractivity (Wildman–Crippen MR) is 159 cm³/mol. The summed E-state index contributed by atoms with van der Waals surface area (Å²) in [6.45, 7) is 11.2. The van der Waals surface area contributed by atoms with Crippen LogP contribution in [0.4, 0.5) is 10.1 Å². The maximum absolute atomic E-state index is 15.4. The van der Waals surface area contributed by atoms with Crippen LogP contribution in [0.5, 0.6) is 0 Å². The van der Waals surface area contributed by atoms with E-state index in [4.69, 9.17) is 4.74 Å². The van der Waals surface area contributed by atoms with Crippen LogP contribution in [-0.4, -0.2) is 132 Å². The Labute approximate surface area is 244 Å². The molecule has 0 bridgehead atoms. The van der Waals surface area contributed by atoms with Crippen molar-refractivity contribution in [3.8, 4) is 0 Å². The van der Waals surface area contributed by atoms with Crippen molar-refractivity contribution in [2.24, 2.45) is 5.92 Å². The lowest BCUT2D eigenvalue weighted by Crippen LogP contribution is -2.46. The topological polar surface area (TPSA) is 97.5 Å². The number of ether oxygens (including phenoxy) is 1. The lowest BCUT2D eigenvalue weighted by Gasteiger charge is -2.35. The third-order valence-electron chi connectivity index (χ3n) is 8.26. The third-order valence-corrected chi connectivity index (χ3v) is 8.26. The van der Waals surface area contributed by atoms with Gasteiger partial charge in [0.15, 0.2) is 5.82 Å². The number of hydrogen-bond acceptors (Lipinski definition) is 9. The molecule has 1 aromatic carbocycles. The Morgan fingerprint density at radius 3 is 2.54 bits per heavy atom. The molecule has 11 heteroatoms. The van der Waals surface area contributed by atoms with Crippen molar-refractivity contribution < 1.29 is 23.5 Å². The van der Waals surface area contributed by atoms with Gasteiger partial charge in [0.2, 0.25) is 5.91 Å². The normalized spacial score (nSPS) is 21.1. The minimum absolute atomic E-state index is 0.0957. The average Bonchev–Trinajstić information content (AvgIpc) is 3.00. The number of aldehydes is 2. The van der Waals surface area contributed by atoms with Crippen molar-refractivity contribution >= 4 is 24.2 Å². The van der Waals surface area contributed by atoms with Gasteiger partial charge < -0.3 is 34.9 Å². The summed E-state index contributed by atoms with van der Waals surface area (Å²) in [7, 11) is 5.25. The summed E-state index contributed by atoms with van der Waals surface area (Å²) >= 11 is 0. The fourth-order valence-electron chi connectivity index (χ4n) is 5.70. The first-order valence-electron chi connectivity index (χ1n) is 14.9. The van der Waals surface area contributed by atoms with Crippen LogP contribution in [-0.2, 0) is 20.9 Å². The summed E-state index contributed by atoms with van der Waals surface area (Å²) in [5.41, 5.74) is 1.02. The second-order valence-electron chi connectivity index (χ2n) is 11.3. The first-order valence-corrected chi connectivity index (χ1v) is 14.9. The average molecular weight is 577 g/mol. The van der Waals surface area contributed by atoms with E-state index in [0.717, 1.165) is 51.6 Å². The smallest absolute Gasteiger partial charge is 0.237 e. The Kier molecular flexibility index (Phi) is 14.1. The second-order valence-corrected chi connectivity index (χ2v) is 11.3. The van der Waals surface area contributed by atoms with E-state index in [0.29, 0.717) is 31.5 Å². The summed E-state index contributed by atoms with van der Waals surface area (Å²) < 4.78 is 20.8. The Morgan fingerprint density at radius 2 is 1.93 bits per heavy atom. The molecule has 0 spiro atoms. The molecule has 10 nitrogen and oxygen atoms in total. The quantitative estimate of drug-likeness (QED) is 0.377. The summed E-state index contributed by atoms with van der Waals surface area (Å²) in [6, 6.07) is 2.70. The number of piperazine rings is 2. The highest BCUT2D eigenvalue weighted by Crippen LogP contribution is 2.27.